The molecule has 1 aliphatic rings. The predicted octanol–water partition coefficient (Wildman–Crippen LogP) is 2.89. The van der Waals surface area contributed by atoms with Crippen molar-refractivity contribution in [2.75, 3.05) is 0 Å². The number of nitrogens with zero attached hydrogens (tertiary/aromatic N) is 2. The van der Waals surface area contributed by atoms with E-state index in [1.807, 2.05) is 0 Å². The van der Waals surface area contributed by atoms with E-state index in [-0.39, 0.29) is 6.61 Å². The Hall–Kier alpha value is -2.08. The van der Waals surface area contributed by atoms with Gasteiger partial charge in [-0.05, 0) is 40.0 Å². The third-order valence-electron chi connectivity index (χ3n) is 3.54. The summed E-state index contributed by atoms with van der Waals surface area (Å²) in [5, 5.41) is 9.99. The van der Waals surface area contributed by atoms with E-state index in [2.05, 4.69) is 0 Å². The molecule has 0 aromatic heterocycles. The summed E-state index contributed by atoms with van der Waals surface area (Å²) in [7, 11) is 0. The largest absolute Gasteiger partial charge is 0.465 e. The first-order valence-corrected chi connectivity index (χ1v) is 7.10. The monoisotopic (exact) mass is 326 g/mol. The lowest BCUT2D eigenvalue weighted by molar-refractivity contribution is -0.275. The fourth-order valence-electron chi connectivity index (χ4n) is 2.47. The van der Waals surface area contributed by atoms with Crippen molar-refractivity contribution >= 4 is 12.0 Å². The average Bonchev–Trinajstić information content (AvgIpc) is 2.53. The van der Waals surface area contributed by atoms with Crippen LogP contribution in [0.4, 0.5) is 4.79 Å². The maximum Gasteiger partial charge on any atom is 0.408 e. The minimum absolute atomic E-state index is 0.254. The Morgan fingerprint density at radius 3 is 2.48 bits per heavy atom. The molecular weight excluding hydrogens is 296 g/mol. The molecule has 23 heavy (non-hydrogen) atoms. The van der Waals surface area contributed by atoms with Crippen LogP contribution in [0, 0.1) is 0 Å². The first kappa shape index (κ1) is 10.6. The second-order valence-corrected chi connectivity index (χ2v) is 6.38. The topological polar surface area (TPSA) is 70.1 Å². The Morgan fingerprint density at radius 1 is 1.39 bits per heavy atom. The van der Waals surface area contributed by atoms with E-state index >= 15 is 0 Å². The van der Waals surface area contributed by atoms with Crippen LogP contribution in [0.1, 0.15) is 48.3 Å². The number of hydrogen-bond donors (Lipinski definition) is 1. The van der Waals surface area contributed by atoms with Crippen LogP contribution in [-0.2, 0) is 16.2 Å². The molecule has 0 radical (unpaired) electrons. The van der Waals surface area contributed by atoms with Crippen LogP contribution in [0.25, 0.3) is 0 Å². The van der Waals surface area contributed by atoms with Crippen molar-refractivity contribution in [2.45, 2.75) is 58.2 Å². The lowest BCUT2D eigenvalue weighted by Crippen LogP contribution is -2.78. The van der Waals surface area contributed by atoms with Crippen LogP contribution >= 0.6 is 0 Å². The summed E-state index contributed by atoms with van der Waals surface area (Å²) < 4.78 is 47.7. The molecule has 1 aromatic rings. The van der Waals surface area contributed by atoms with Crippen molar-refractivity contribution in [1.82, 2.24) is 9.96 Å². The quantitative estimate of drug-likeness (QED) is 0.864. The lowest BCUT2D eigenvalue weighted by Gasteiger charge is -2.57. The highest BCUT2D eigenvalue weighted by molar-refractivity contribution is 5.93. The summed E-state index contributed by atoms with van der Waals surface area (Å²) in [5.41, 5.74) is -3.50. The van der Waals surface area contributed by atoms with Crippen LogP contribution in [-0.4, -0.2) is 44.2 Å². The molecule has 0 saturated carbocycles. The first-order valence-electron chi connectivity index (χ1n) is 10.1. The Morgan fingerprint density at radius 2 is 2.00 bits per heavy atom. The van der Waals surface area contributed by atoms with Gasteiger partial charge in [0, 0.05) is 13.8 Å². The zero-order valence-electron chi connectivity index (χ0n) is 19.2. The maximum absolute atomic E-state index is 12.9. The Kier molecular flexibility index (Phi) is 2.71. The van der Waals surface area contributed by atoms with Crippen LogP contribution in [0.15, 0.2) is 30.3 Å². The third-order valence-corrected chi connectivity index (χ3v) is 3.54. The summed E-state index contributed by atoms with van der Waals surface area (Å²) >= 11 is 0. The molecule has 1 atom stereocenters. The van der Waals surface area contributed by atoms with Gasteiger partial charge in [0.05, 0.1) is 5.54 Å². The van der Waals surface area contributed by atoms with Crippen molar-refractivity contribution in [1.29, 1.82) is 0 Å². The summed E-state index contributed by atoms with van der Waals surface area (Å²) in [4.78, 5) is 30.7. The molecule has 0 spiro atoms. The molecule has 0 aliphatic carbocycles. The van der Waals surface area contributed by atoms with Crippen LogP contribution < -0.4 is 0 Å². The molecule has 1 fully saturated rings. The number of carbonyl (C=O) groups is 2. The van der Waals surface area contributed by atoms with Crippen LogP contribution in [0.3, 0.4) is 0 Å². The number of rotatable bonds is 4. The molecule has 2 amide bonds. The number of hydrogen-bond acceptors (Lipinski definition) is 3. The number of carbonyl (C=O) groups excluding carboxylic acids is 1. The van der Waals surface area contributed by atoms with Crippen molar-refractivity contribution in [3.05, 3.63) is 35.9 Å². The van der Waals surface area contributed by atoms with E-state index in [1.165, 1.54) is 20.8 Å². The Labute approximate surface area is 145 Å². The van der Waals surface area contributed by atoms with Gasteiger partial charge in [0.1, 0.15) is 12.6 Å². The van der Waals surface area contributed by atoms with Gasteiger partial charge < -0.3 is 5.11 Å². The van der Waals surface area contributed by atoms with Gasteiger partial charge in [-0.15, -0.1) is 0 Å². The van der Waals surface area contributed by atoms with E-state index in [0.29, 0.717) is 15.5 Å². The fraction of sp³-hybridized carbons (Fsp3) is 0.529. The van der Waals surface area contributed by atoms with E-state index < -0.39 is 42.8 Å². The van der Waals surface area contributed by atoms with Gasteiger partial charge in [0.2, 0.25) is 0 Å². The predicted molar refractivity (Wildman–Crippen MR) is 85.6 cm³/mol. The molecule has 0 unspecified atom stereocenters. The summed E-state index contributed by atoms with van der Waals surface area (Å²) in [6.45, 7) is -2.42. The average molecular weight is 326 g/mol. The van der Waals surface area contributed by atoms with E-state index in [0.717, 1.165) is 0 Å². The van der Waals surface area contributed by atoms with Crippen LogP contribution in [0.5, 0.6) is 0 Å². The van der Waals surface area contributed by atoms with E-state index in [9.17, 15) is 14.7 Å². The second kappa shape index (κ2) is 5.85. The fourth-order valence-corrected chi connectivity index (χ4v) is 2.47. The van der Waals surface area contributed by atoms with Crippen LogP contribution in [0.2, 0.25) is 0 Å². The van der Waals surface area contributed by atoms with Gasteiger partial charge in [-0.25, -0.2) is 9.86 Å². The number of hydroxylamine groups is 2. The zero-order chi connectivity index (χ0) is 22.4. The molecule has 1 aliphatic heterocycles. The molecule has 126 valence electrons. The summed E-state index contributed by atoms with van der Waals surface area (Å²) in [6, 6.07) is 6.51. The summed E-state index contributed by atoms with van der Waals surface area (Å²) in [6.07, 6.45) is -1.60. The zero-order valence-corrected chi connectivity index (χ0v) is 13.2. The van der Waals surface area contributed by atoms with E-state index in [1.54, 1.807) is 30.3 Å². The van der Waals surface area contributed by atoms with Gasteiger partial charge in [-0.2, -0.15) is 0 Å². The first-order chi connectivity index (χ1) is 13.1. The molecule has 1 heterocycles. The van der Waals surface area contributed by atoms with Gasteiger partial charge in [-0.1, -0.05) is 30.3 Å². The highest BCUT2D eigenvalue weighted by atomic mass is 16.7. The smallest absolute Gasteiger partial charge is 0.408 e. The molecule has 1 aromatic carbocycles. The normalized spacial score (nSPS) is 25.1. The highest BCUT2D eigenvalue weighted by Gasteiger charge is 2.61. The highest BCUT2D eigenvalue weighted by Crippen LogP contribution is 2.39. The third kappa shape index (κ3) is 3.17. The second-order valence-electron chi connectivity index (χ2n) is 6.38. The molecule has 1 N–H and O–H groups in total. The van der Waals surface area contributed by atoms with Crippen molar-refractivity contribution in [3.8, 4) is 0 Å². The van der Waals surface area contributed by atoms with Gasteiger partial charge >= 0.3 is 6.09 Å². The van der Waals surface area contributed by atoms with E-state index in [4.69, 9.17) is 13.1 Å². The molecule has 1 saturated heterocycles. The van der Waals surface area contributed by atoms with Gasteiger partial charge in [0.25, 0.3) is 5.91 Å². The van der Waals surface area contributed by atoms with Gasteiger partial charge in [0.15, 0.2) is 0 Å². The molecule has 6 nitrogen and oxygen atoms in total. The molecule has 6 heteroatoms. The Balaban J connectivity index is 2.57. The molecular formula is C17H24N2O4. The van der Waals surface area contributed by atoms with Crippen molar-refractivity contribution in [3.63, 3.8) is 0 Å². The van der Waals surface area contributed by atoms with Crippen molar-refractivity contribution in [2.24, 2.45) is 0 Å². The van der Waals surface area contributed by atoms with Gasteiger partial charge in [-0.3, -0.25) is 14.5 Å². The SMILES string of the molecule is [2H]C([2H])([2H])C1(C([2H])([2H])[2H])[C@H](N(C(=O)O)C(C)(C)C)C(=O)N1OCc1ccccc1. The number of amides is 2. The lowest BCUT2D eigenvalue weighted by atomic mass is 9.81. The number of benzene rings is 1. The molecule has 2 rings (SSSR count). The minimum Gasteiger partial charge on any atom is -0.465 e. The Bertz CT molecular complexity index is 759. The van der Waals surface area contributed by atoms with Crippen molar-refractivity contribution < 1.29 is 27.8 Å². The summed E-state index contributed by atoms with van der Waals surface area (Å²) in [5.74, 6) is -1.04. The number of carboxylic acid groups (broad SMARTS) is 1. The number of β-lactam (4-membered cyclic amide) rings is 1. The molecule has 0 bridgehead atoms. The minimum atomic E-state index is -3.26. The maximum atomic E-state index is 12.9. The standard InChI is InChI=1S/C17H24N2O4/c1-16(2,3)18(15(21)22)13-14(20)19(17(13,4)5)23-11-12-9-7-6-8-10-12/h6-10,13H,11H2,1-5H3,(H,21,22)/t13-/m1/s1/i4D3,5D3.